The Balaban J connectivity index is 2.21. The fourth-order valence-corrected chi connectivity index (χ4v) is 4.79. The van der Waals surface area contributed by atoms with Gasteiger partial charge in [-0.05, 0) is 42.7 Å². The summed E-state index contributed by atoms with van der Waals surface area (Å²) in [6.07, 6.45) is 3.34. The van der Waals surface area contributed by atoms with Crippen molar-refractivity contribution < 1.29 is 13.6 Å². The maximum atomic E-state index is 13.1. The SMILES string of the molecule is COP(=O)(OC1CC(C)CCC1C(C)C)c1ccccc1. The monoisotopic (exact) mass is 310 g/mol. The van der Waals surface area contributed by atoms with Crippen LogP contribution >= 0.6 is 7.60 Å². The van der Waals surface area contributed by atoms with Gasteiger partial charge in [-0.15, -0.1) is 0 Å². The third-order valence-corrected chi connectivity index (χ3v) is 6.51. The van der Waals surface area contributed by atoms with Crippen LogP contribution in [0.25, 0.3) is 0 Å². The van der Waals surface area contributed by atoms with E-state index in [-0.39, 0.29) is 6.10 Å². The van der Waals surface area contributed by atoms with Gasteiger partial charge < -0.3 is 9.05 Å². The molecule has 4 unspecified atom stereocenters. The number of hydrogen-bond donors (Lipinski definition) is 0. The predicted molar refractivity (Wildman–Crippen MR) is 86.9 cm³/mol. The molecule has 0 aliphatic heterocycles. The first-order valence-corrected chi connectivity index (χ1v) is 9.40. The Labute approximate surface area is 128 Å². The second kappa shape index (κ2) is 7.09. The van der Waals surface area contributed by atoms with Gasteiger partial charge in [-0.1, -0.05) is 45.4 Å². The quantitative estimate of drug-likeness (QED) is 0.744. The van der Waals surface area contributed by atoms with E-state index in [0.29, 0.717) is 23.1 Å². The average molecular weight is 310 g/mol. The summed E-state index contributed by atoms with van der Waals surface area (Å²) in [4.78, 5) is 0. The van der Waals surface area contributed by atoms with Crippen molar-refractivity contribution in [3.8, 4) is 0 Å². The van der Waals surface area contributed by atoms with E-state index >= 15 is 0 Å². The van der Waals surface area contributed by atoms with Gasteiger partial charge in [0.1, 0.15) is 0 Å². The molecular formula is C17H27O3P. The molecular weight excluding hydrogens is 283 g/mol. The lowest BCUT2D eigenvalue weighted by molar-refractivity contribution is 0.0372. The zero-order valence-electron chi connectivity index (χ0n) is 13.5. The van der Waals surface area contributed by atoms with Crippen LogP contribution in [0.5, 0.6) is 0 Å². The number of benzene rings is 1. The van der Waals surface area contributed by atoms with Crippen molar-refractivity contribution in [3.05, 3.63) is 30.3 Å². The summed E-state index contributed by atoms with van der Waals surface area (Å²) >= 11 is 0. The van der Waals surface area contributed by atoms with Crippen molar-refractivity contribution in [1.29, 1.82) is 0 Å². The Kier molecular flexibility index (Phi) is 5.65. The smallest absolute Gasteiger partial charge is 0.309 e. The summed E-state index contributed by atoms with van der Waals surface area (Å²) in [6.45, 7) is 6.68. The van der Waals surface area contributed by atoms with Crippen molar-refractivity contribution in [3.63, 3.8) is 0 Å². The standard InChI is InChI=1S/C17H27O3P/c1-13(2)16-11-10-14(3)12-17(16)20-21(18,19-4)15-8-6-5-7-9-15/h5-9,13-14,16-17H,10-12H2,1-4H3. The summed E-state index contributed by atoms with van der Waals surface area (Å²) in [6, 6.07) is 9.28. The van der Waals surface area contributed by atoms with Crippen LogP contribution in [-0.4, -0.2) is 13.2 Å². The molecule has 1 aliphatic rings. The van der Waals surface area contributed by atoms with Gasteiger partial charge >= 0.3 is 7.60 Å². The molecule has 0 aromatic heterocycles. The first kappa shape index (κ1) is 16.7. The zero-order chi connectivity index (χ0) is 15.5. The molecule has 1 fully saturated rings. The van der Waals surface area contributed by atoms with Crippen LogP contribution in [0.1, 0.15) is 40.0 Å². The van der Waals surface area contributed by atoms with E-state index in [1.165, 1.54) is 13.5 Å². The molecule has 0 spiro atoms. The minimum Gasteiger partial charge on any atom is -0.309 e. The largest absolute Gasteiger partial charge is 0.361 e. The van der Waals surface area contributed by atoms with E-state index in [2.05, 4.69) is 20.8 Å². The molecule has 0 amide bonds. The third-order valence-electron chi connectivity index (χ3n) is 4.55. The van der Waals surface area contributed by atoms with Crippen LogP contribution < -0.4 is 5.30 Å². The second-order valence-corrected chi connectivity index (χ2v) is 8.57. The van der Waals surface area contributed by atoms with Crippen LogP contribution in [0.2, 0.25) is 0 Å². The van der Waals surface area contributed by atoms with E-state index in [4.69, 9.17) is 9.05 Å². The van der Waals surface area contributed by atoms with Gasteiger partial charge in [0.15, 0.2) is 0 Å². The average Bonchev–Trinajstić information content (AvgIpc) is 2.47. The van der Waals surface area contributed by atoms with Gasteiger partial charge in [0.05, 0.1) is 11.4 Å². The minimum absolute atomic E-state index is 0.0136. The molecule has 4 heteroatoms. The molecule has 118 valence electrons. The van der Waals surface area contributed by atoms with E-state index in [1.807, 2.05) is 30.3 Å². The molecule has 4 atom stereocenters. The van der Waals surface area contributed by atoms with E-state index in [0.717, 1.165) is 12.8 Å². The lowest BCUT2D eigenvalue weighted by Crippen LogP contribution is -2.34. The van der Waals surface area contributed by atoms with Crippen LogP contribution in [0.3, 0.4) is 0 Å². The van der Waals surface area contributed by atoms with Crippen molar-refractivity contribution in [1.82, 2.24) is 0 Å². The summed E-state index contributed by atoms with van der Waals surface area (Å²) < 4.78 is 24.5. The Hall–Kier alpha value is -0.630. The summed E-state index contributed by atoms with van der Waals surface area (Å²) in [7, 11) is -1.75. The molecule has 0 heterocycles. The molecule has 3 nitrogen and oxygen atoms in total. The Morgan fingerprint density at radius 3 is 2.43 bits per heavy atom. The molecule has 2 rings (SSSR count). The Morgan fingerprint density at radius 2 is 1.86 bits per heavy atom. The molecule has 0 radical (unpaired) electrons. The maximum absolute atomic E-state index is 13.1. The molecule has 0 N–H and O–H groups in total. The molecule has 1 saturated carbocycles. The molecule has 1 aliphatic carbocycles. The Bertz CT molecular complexity index is 486. The number of rotatable bonds is 5. The zero-order valence-corrected chi connectivity index (χ0v) is 14.4. The van der Waals surface area contributed by atoms with Crippen molar-refractivity contribution in [2.75, 3.05) is 7.11 Å². The number of hydrogen-bond acceptors (Lipinski definition) is 3. The van der Waals surface area contributed by atoms with E-state index in [9.17, 15) is 4.57 Å². The molecule has 0 saturated heterocycles. The molecule has 21 heavy (non-hydrogen) atoms. The van der Waals surface area contributed by atoms with Gasteiger partial charge in [-0.2, -0.15) is 0 Å². The Morgan fingerprint density at radius 1 is 1.19 bits per heavy atom. The first-order chi connectivity index (χ1) is 9.96. The first-order valence-electron chi connectivity index (χ1n) is 7.86. The third kappa shape index (κ3) is 3.97. The lowest BCUT2D eigenvalue weighted by Gasteiger charge is -2.38. The van der Waals surface area contributed by atoms with E-state index < -0.39 is 7.60 Å². The molecule has 0 bridgehead atoms. The highest BCUT2D eigenvalue weighted by Gasteiger charge is 2.38. The maximum Gasteiger partial charge on any atom is 0.361 e. The van der Waals surface area contributed by atoms with Crippen molar-refractivity contribution in [2.45, 2.75) is 46.1 Å². The van der Waals surface area contributed by atoms with Crippen LogP contribution in [0, 0.1) is 17.8 Å². The fourth-order valence-electron chi connectivity index (χ4n) is 3.23. The summed E-state index contributed by atoms with van der Waals surface area (Å²) in [5, 5.41) is 0.647. The topological polar surface area (TPSA) is 35.5 Å². The van der Waals surface area contributed by atoms with Gasteiger partial charge in [0.2, 0.25) is 0 Å². The highest BCUT2D eigenvalue weighted by atomic mass is 31.2. The second-order valence-electron chi connectivity index (χ2n) is 6.49. The summed E-state index contributed by atoms with van der Waals surface area (Å²) in [5.41, 5.74) is 0. The van der Waals surface area contributed by atoms with E-state index in [1.54, 1.807) is 0 Å². The summed E-state index contributed by atoms with van der Waals surface area (Å²) in [5.74, 6) is 1.60. The van der Waals surface area contributed by atoms with Crippen LogP contribution in [0.15, 0.2) is 30.3 Å². The van der Waals surface area contributed by atoms with Crippen molar-refractivity contribution >= 4 is 12.9 Å². The van der Waals surface area contributed by atoms with Gasteiger partial charge in [0, 0.05) is 7.11 Å². The fraction of sp³-hybridized carbons (Fsp3) is 0.647. The van der Waals surface area contributed by atoms with Crippen LogP contribution in [-0.2, 0) is 13.6 Å². The van der Waals surface area contributed by atoms with Gasteiger partial charge in [-0.3, -0.25) is 4.57 Å². The van der Waals surface area contributed by atoms with Crippen LogP contribution in [0.4, 0.5) is 0 Å². The predicted octanol–water partition coefficient (Wildman–Crippen LogP) is 4.63. The van der Waals surface area contributed by atoms with Crippen molar-refractivity contribution in [2.24, 2.45) is 17.8 Å². The highest BCUT2D eigenvalue weighted by molar-refractivity contribution is 7.62. The van der Waals surface area contributed by atoms with Gasteiger partial charge in [0.25, 0.3) is 0 Å². The molecule has 1 aromatic carbocycles. The van der Waals surface area contributed by atoms with Gasteiger partial charge in [-0.25, -0.2) is 0 Å². The molecule has 1 aromatic rings. The normalized spacial score (nSPS) is 29.3. The minimum atomic E-state index is -3.22. The highest BCUT2D eigenvalue weighted by Crippen LogP contribution is 2.51. The lowest BCUT2D eigenvalue weighted by atomic mass is 9.75.